The van der Waals surface area contributed by atoms with E-state index in [4.69, 9.17) is 5.02 Å². The second-order valence-electron chi connectivity index (χ2n) is 4.35. The van der Waals surface area contributed by atoms with Crippen molar-refractivity contribution in [1.82, 2.24) is 0 Å². The standard InChI is InChI=1S/C10H14BNO2/c1-10(2,3)8-4-6-9(7-5-8)11(13)12-14/h4-7,13H,1-3H3. The van der Waals surface area contributed by atoms with Crippen molar-refractivity contribution in [2.75, 3.05) is 0 Å². The van der Waals surface area contributed by atoms with Gasteiger partial charge in [-0.05, 0) is 16.4 Å². The van der Waals surface area contributed by atoms with Crippen LogP contribution in [0.4, 0.5) is 0 Å². The highest BCUT2D eigenvalue weighted by atomic mass is 16.3. The Labute approximate surface area is 84.3 Å². The lowest BCUT2D eigenvalue weighted by molar-refractivity contribution is 0.584. The second-order valence-corrected chi connectivity index (χ2v) is 4.35. The average Bonchev–Trinajstić information content (AvgIpc) is 2.15. The monoisotopic (exact) mass is 191 g/mol. The number of hydrogen-bond acceptors (Lipinski definition) is 3. The minimum Gasteiger partial charge on any atom is -0.425 e. The molecule has 0 radical (unpaired) electrons. The second kappa shape index (κ2) is 3.92. The molecule has 1 aromatic carbocycles. The Morgan fingerprint density at radius 3 is 2.07 bits per heavy atom. The maximum Gasteiger partial charge on any atom is 0.517 e. The van der Waals surface area contributed by atoms with Crippen molar-refractivity contribution >= 4 is 12.5 Å². The van der Waals surface area contributed by atoms with Crippen molar-refractivity contribution in [1.29, 1.82) is 0 Å². The molecule has 0 amide bonds. The van der Waals surface area contributed by atoms with Gasteiger partial charge < -0.3 is 5.02 Å². The molecule has 14 heavy (non-hydrogen) atoms. The quantitative estimate of drug-likeness (QED) is 0.567. The summed E-state index contributed by atoms with van der Waals surface area (Å²) in [6, 6.07) is 7.27. The van der Waals surface area contributed by atoms with E-state index in [0.29, 0.717) is 5.46 Å². The van der Waals surface area contributed by atoms with Crippen molar-refractivity contribution in [2.45, 2.75) is 26.2 Å². The molecular weight excluding hydrogens is 177 g/mol. The molecule has 0 saturated heterocycles. The van der Waals surface area contributed by atoms with Crippen LogP contribution in [0.2, 0.25) is 0 Å². The highest BCUT2D eigenvalue weighted by Crippen LogP contribution is 2.20. The molecule has 0 aliphatic carbocycles. The molecule has 1 N–H and O–H groups in total. The van der Waals surface area contributed by atoms with Crippen LogP contribution < -0.4 is 5.46 Å². The zero-order valence-electron chi connectivity index (χ0n) is 8.69. The summed E-state index contributed by atoms with van der Waals surface area (Å²) >= 11 is 0. The van der Waals surface area contributed by atoms with Gasteiger partial charge in [-0.2, -0.15) is 4.91 Å². The Kier molecular flexibility index (Phi) is 3.06. The van der Waals surface area contributed by atoms with Crippen LogP contribution >= 0.6 is 0 Å². The lowest BCUT2D eigenvalue weighted by atomic mass is 9.74. The van der Waals surface area contributed by atoms with Gasteiger partial charge in [-0.15, -0.1) is 0 Å². The zero-order valence-corrected chi connectivity index (χ0v) is 8.69. The molecule has 0 aliphatic rings. The largest absolute Gasteiger partial charge is 0.517 e. The molecule has 0 aliphatic heterocycles. The van der Waals surface area contributed by atoms with Crippen LogP contribution in [0.15, 0.2) is 29.4 Å². The van der Waals surface area contributed by atoms with Gasteiger partial charge in [-0.25, -0.2) is 0 Å². The van der Waals surface area contributed by atoms with Gasteiger partial charge in [0, 0.05) is 0 Å². The van der Waals surface area contributed by atoms with Crippen LogP contribution in [0.5, 0.6) is 0 Å². The summed E-state index contributed by atoms with van der Waals surface area (Å²) in [7, 11) is -1.25. The topological polar surface area (TPSA) is 49.7 Å². The smallest absolute Gasteiger partial charge is 0.425 e. The first-order chi connectivity index (χ1) is 6.45. The van der Waals surface area contributed by atoms with Crippen LogP contribution in [0.25, 0.3) is 0 Å². The van der Waals surface area contributed by atoms with E-state index in [1.165, 1.54) is 5.56 Å². The van der Waals surface area contributed by atoms with E-state index in [1.54, 1.807) is 12.1 Å². The summed E-state index contributed by atoms with van der Waals surface area (Å²) in [5, 5.41) is 11.7. The van der Waals surface area contributed by atoms with Gasteiger partial charge in [-0.3, -0.25) is 0 Å². The Hall–Kier alpha value is -1.16. The highest BCUT2D eigenvalue weighted by molar-refractivity contribution is 6.64. The van der Waals surface area contributed by atoms with Crippen molar-refractivity contribution in [3.8, 4) is 0 Å². The lowest BCUT2D eigenvalue weighted by Gasteiger charge is -2.18. The predicted octanol–water partition coefficient (Wildman–Crippen LogP) is 1.44. The summed E-state index contributed by atoms with van der Waals surface area (Å²) in [6.07, 6.45) is 0. The summed E-state index contributed by atoms with van der Waals surface area (Å²) in [6.45, 7) is 6.32. The van der Waals surface area contributed by atoms with Crippen molar-refractivity contribution < 1.29 is 5.02 Å². The Balaban J connectivity index is 2.95. The van der Waals surface area contributed by atoms with E-state index in [2.05, 4.69) is 25.9 Å². The highest BCUT2D eigenvalue weighted by Gasteiger charge is 2.18. The molecule has 0 fully saturated rings. The average molecular weight is 191 g/mol. The first-order valence-corrected chi connectivity index (χ1v) is 4.56. The molecule has 0 atom stereocenters. The summed E-state index contributed by atoms with van der Waals surface area (Å²) in [4.78, 5) is 10.1. The van der Waals surface area contributed by atoms with Gasteiger partial charge in [-0.1, -0.05) is 50.1 Å². The van der Waals surface area contributed by atoms with Crippen molar-refractivity contribution in [2.24, 2.45) is 5.09 Å². The fraction of sp³-hybridized carbons (Fsp3) is 0.400. The molecule has 1 rings (SSSR count). The van der Waals surface area contributed by atoms with E-state index < -0.39 is 7.05 Å². The molecule has 0 aromatic heterocycles. The summed E-state index contributed by atoms with van der Waals surface area (Å²) < 4.78 is 0. The van der Waals surface area contributed by atoms with Crippen molar-refractivity contribution in [3.63, 3.8) is 0 Å². The molecule has 0 spiro atoms. The molecule has 0 unspecified atom stereocenters. The minimum atomic E-state index is -1.25. The van der Waals surface area contributed by atoms with E-state index >= 15 is 0 Å². The Bertz CT molecular complexity index is 316. The SMILES string of the molecule is CC(C)(C)c1ccc(B(O)N=O)cc1. The number of hydrogen-bond donors (Lipinski definition) is 1. The Morgan fingerprint density at radius 1 is 1.21 bits per heavy atom. The van der Waals surface area contributed by atoms with E-state index in [0.717, 1.165) is 0 Å². The fourth-order valence-corrected chi connectivity index (χ4v) is 1.22. The van der Waals surface area contributed by atoms with Gasteiger partial charge in [0.15, 0.2) is 0 Å². The number of rotatable bonds is 2. The molecule has 74 valence electrons. The third-order valence-electron chi connectivity index (χ3n) is 2.17. The van der Waals surface area contributed by atoms with Gasteiger partial charge >= 0.3 is 7.05 Å². The molecule has 0 heterocycles. The van der Waals surface area contributed by atoms with E-state index in [9.17, 15) is 4.91 Å². The third kappa shape index (κ3) is 2.42. The van der Waals surface area contributed by atoms with Gasteiger partial charge in [0.25, 0.3) is 0 Å². The van der Waals surface area contributed by atoms with Gasteiger partial charge in [0.05, 0.1) is 0 Å². The first kappa shape index (κ1) is 10.9. The first-order valence-electron chi connectivity index (χ1n) is 4.56. The van der Waals surface area contributed by atoms with Crippen LogP contribution in [0.3, 0.4) is 0 Å². The predicted molar refractivity (Wildman–Crippen MR) is 58.5 cm³/mol. The Morgan fingerprint density at radius 2 is 1.71 bits per heavy atom. The normalized spacial score (nSPS) is 11.1. The number of benzene rings is 1. The zero-order chi connectivity index (χ0) is 10.8. The molecule has 0 saturated carbocycles. The minimum absolute atomic E-state index is 0.0814. The summed E-state index contributed by atoms with van der Waals surface area (Å²) in [5.41, 5.74) is 1.78. The molecule has 1 aromatic rings. The van der Waals surface area contributed by atoms with Gasteiger partial charge in [0.2, 0.25) is 0 Å². The van der Waals surface area contributed by atoms with Crippen LogP contribution in [-0.2, 0) is 5.41 Å². The molecule has 4 heteroatoms. The van der Waals surface area contributed by atoms with E-state index in [1.807, 2.05) is 12.1 Å². The molecule has 3 nitrogen and oxygen atoms in total. The van der Waals surface area contributed by atoms with E-state index in [-0.39, 0.29) is 5.41 Å². The van der Waals surface area contributed by atoms with Crippen LogP contribution in [0, 0.1) is 4.91 Å². The maximum absolute atomic E-state index is 10.1. The van der Waals surface area contributed by atoms with Crippen LogP contribution in [-0.4, -0.2) is 12.1 Å². The lowest BCUT2D eigenvalue weighted by Crippen LogP contribution is -2.28. The molecule has 0 bridgehead atoms. The van der Waals surface area contributed by atoms with Crippen LogP contribution in [0.1, 0.15) is 26.3 Å². The maximum atomic E-state index is 10.1. The van der Waals surface area contributed by atoms with Gasteiger partial charge in [0.1, 0.15) is 0 Å². The molecular formula is C10H14BNO2. The number of nitrogens with zero attached hydrogens (tertiary/aromatic N) is 1. The fourth-order valence-electron chi connectivity index (χ4n) is 1.22. The van der Waals surface area contributed by atoms with Crippen molar-refractivity contribution in [3.05, 3.63) is 34.7 Å². The summed E-state index contributed by atoms with van der Waals surface area (Å²) in [5.74, 6) is 0. The number of nitroso groups, excluding NO2 is 1. The third-order valence-corrected chi connectivity index (χ3v) is 2.17.